The second-order valence-corrected chi connectivity index (χ2v) is 8.11. The number of hydrogen-bond acceptors (Lipinski definition) is 4. The Morgan fingerprint density at radius 1 is 1.19 bits per heavy atom. The fourth-order valence-corrected chi connectivity index (χ4v) is 4.50. The van der Waals surface area contributed by atoms with Crippen LogP contribution in [0.1, 0.15) is 48.4 Å². The van der Waals surface area contributed by atoms with Crippen molar-refractivity contribution in [1.29, 1.82) is 0 Å². The largest absolute Gasteiger partial charge is 0.511 e. The van der Waals surface area contributed by atoms with Gasteiger partial charge in [-0.25, -0.2) is 4.39 Å². The summed E-state index contributed by atoms with van der Waals surface area (Å²) in [5, 5.41) is 10.5. The van der Waals surface area contributed by atoms with Crippen LogP contribution in [0.25, 0.3) is 0 Å². The molecule has 2 aliphatic rings. The zero-order valence-electron chi connectivity index (χ0n) is 17.4. The summed E-state index contributed by atoms with van der Waals surface area (Å²) in [5.74, 6) is -0.699. The Morgan fingerprint density at radius 3 is 2.65 bits per heavy atom. The number of aliphatic hydroxyl groups is 1. The number of hydrogen-bond donors (Lipinski definition) is 1. The second kappa shape index (κ2) is 8.84. The van der Waals surface area contributed by atoms with Crippen molar-refractivity contribution in [1.82, 2.24) is 4.90 Å². The van der Waals surface area contributed by atoms with Crippen molar-refractivity contribution in [2.75, 3.05) is 13.1 Å². The third-order valence-electron chi connectivity index (χ3n) is 6.14. The molecule has 0 bridgehead atoms. The molecule has 160 valence electrons. The minimum atomic E-state index is -0.331. The number of Topliss-reactive ketones (excluding diaryl/α,β-unsaturated/α-hetero) is 1. The lowest BCUT2D eigenvalue weighted by Crippen LogP contribution is -2.40. The quantitative estimate of drug-likeness (QED) is 0.750. The van der Waals surface area contributed by atoms with Gasteiger partial charge in [-0.3, -0.25) is 14.6 Å². The molecule has 2 atom stereocenters. The van der Waals surface area contributed by atoms with Gasteiger partial charge >= 0.3 is 0 Å². The van der Waals surface area contributed by atoms with Gasteiger partial charge in [0.05, 0.1) is 18.2 Å². The topological polar surface area (TPSA) is 70.0 Å². The first-order chi connectivity index (χ1) is 14.9. The highest BCUT2D eigenvalue weighted by molar-refractivity contribution is 6.14. The van der Waals surface area contributed by atoms with Crippen molar-refractivity contribution in [3.05, 3.63) is 82.4 Å². The van der Waals surface area contributed by atoms with E-state index in [2.05, 4.69) is 11.1 Å². The van der Waals surface area contributed by atoms with Gasteiger partial charge in [-0.2, -0.15) is 0 Å². The molecule has 2 aromatic rings. The average molecular weight is 420 g/mol. The van der Waals surface area contributed by atoms with Gasteiger partial charge in [0.1, 0.15) is 11.6 Å². The molecule has 5 nitrogen and oxygen atoms in total. The summed E-state index contributed by atoms with van der Waals surface area (Å²) in [6, 6.07) is 13.9. The van der Waals surface area contributed by atoms with Crippen molar-refractivity contribution in [3.63, 3.8) is 0 Å². The van der Waals surface area contributed by atoms with Gasteiger partial charge in [-0.1, -0.05) is 36.4 Å². The van der Waals surface area contributed by atoms with Gasteiger partial charge in [-0.05, 0) is 41.2 Å². The maximum atomic E-state index is 13.2. The number of carbonyl (C=O) groups is 2. The first-order valence-electron chi connectivity index (χ1n) is 10.5. The van der Waals surface area contributed by atoms with Crippen LogP contribution >= 0.6 is 0 Å². The van der Waals surface area contributed by atoms with Crippen LogP contribution in [0.4, 0.5) is 4.39 Å². The lowest BCUT2D eigenvalue weighted by atomic mass is 9.83. The number of allylic oxidation sites excluding steroid dienone is 2. The number of fused-ring (bicyclic) bond motifs is 1. The molecular weight excluding hydrogens is 395 g/mol. The molecule has 0 saturated carbocycles. The van der Waals surface area contributed by atoms with E-state index in [9.17, 15) is 19.1 Å². The summed E-state index contributed by atoms with van der Waals surface area (Å²) in [5.41, 5.74) is 3.33. The fourth-order valence-electron chi connectivity index (χ4n) is 4.50. The number of aliphatic hydroxyl groups excluding tert-OH is 1. The lowest BCUT2D eigenvalue weighted by molar-refractivity contribution is -0.131. The Kier molecular flexibility index (Phi) is 5.98. The Morgan fingerprint density at radius 2 is 1.94 bits per heavy atom. The van der Waals surface area contributed by atoms with Crippen molar-refractivity contribution in [2.24, 2.45) is 4.99 Å². The number of rotatable bonds is 4. The summed E-state index contributed by atoms with van der Waals surface area (Å²) in [4.78, 5) is 31.0. The monoisotopic (exact) mass is 420 g/mol. The Bertz CT molecular complexity index is 1060. The molecule has 1 heterocycles. The van der Waals surface area contributed by atoms with Gasteiger partial charge in [-0.15, -0.1) is 0 Å². The molecule has 0 saturated heterocycles. The molecular formula is C25H25FN2O3. The molecule has 2 aromatic carbocycles. The summed E-state index contributed by atoms with van der Waals surface area (Å²) >= 11 is 0. The first kappa shape index (κ1) is 21.0. The second-order valence-electron chi connectivity index (χ2n) is 8.11. The predicted molar refractivity (Wildman–Crippen MR) is 117 cm³/mol. The molecule has 31 heavy (non-hydrogen) atoms. The fraction of sp³-hybridized carbons (Fsp3) is 0.320. The van der Waals surface area contributed by atoms with Gasteiger partial charge in [0.25, 0.3) is 0 Å². The van der Waals surface area contributed by atoms with Crippen LogP contribution in [0.15, 0.2) is 64.9 Å². The van der Waals surface area contributed by atoms with E-state index in [-0.39, 0.29) is 47.2 Å². The van der Waals surface area contributed by atoms with Crippen LogP contribution in [-0.2, 0) is 16.0 Å². The molecule has 1 aliphatic carbocycles. The van der Waals surface area contributed by atoms with E-state index in [4.69, 9.17) is 0 Å². The molecule has 0 radical (unpaired) electrons. The van der Waals surface area contributed by atoms with Crippen LogP contribution in [0.2, 0.25) is 0 Å². The average Bonchev–Trinajstić information content (AvgIpc) is 2.75. The van der Waals surface area contributed by atoms with E-state index < -0.39 is 0 Å². The zero-order valence-corrected chi connectivity index (χ0v) is 17.4. The van der Waals surface area contributed by atoms with Gasteiger partial charge in [0.15, 0.2) is 5.78 Å². The number of amides is 1. The molecule has 0 fully saturated rings. The molecule has 0 aromatic heterocycles. The Balaban J connectivity index is 1.51. The number of ketones is 1. The smallest absolute Gasteiger partial charge is 0.220 e. The molecule has 1 aliphatic heterocycles. The third-order valence-corrected chi connectivity index (χ3v) is 6.14. The van der Waals surface area contributed by atoms with Crippen LogP contribution in [0.5, 0.6) is 0 Å². The molecule has 1 N–H and O–H groups in total. The lowest BCUT2D eigenvalue weighted by Gasteiger charge is -2.36. The van der Waals surface area contributed by atoms with E-state index in [1.807, 2.05) is 18.2 Å². The van der Waals surface area contributed by atoms with Gasteiger partial charge < -0.3 is 10.0 Å². The highest BCUT2D eigenvalue weighted by Crippen LogP contribution is 2.34. The van der Waals surface area contributed by atoms with Crippen molar-refractivity contribution in [3.8, 4) is 0 Å². The van der Waals surface area contributed by atoms with Gasteiger partial charge in [0.2, 0.25) is 5.91 Å². The molecule has 4 rings (SSSR count). The minimum absolute atomic E-state index is 0.00166. The molecule has 0 spiro atoms. The minimum Gasteiger partial charge on any atom is -0.511 e. The summed E-state index contributed by atoms with van der Waals surface area (Å²) in [6.45, 7) is 2.51. The standard InChI is InChI=1S/C25H25FN2O3/c1-16(29)28-11-10-18-4-2-3-5-21(18)23(28)15-27-14-22-24(30)12-19(13-25(22)31)17-6-8-20(26)9-7-17/h2-9,14,19,23,30H,10-13,15H2,1H3/t19?,23-/m1/s1. The summed E-state index contributed by atoms with van der Waals surface area (Å²) < 4.78 is 13.2. The summed E-state index contributed by atoms with van der Waals surface area (Å²) in [7, 11) is 0. The maximum Gasteiger partial charge on any atom is 0.220 e. The number of benzene rings is 2. The number of aliphatic imine (C=N–C) groups is 1. The van der Waals surface area contributed by atoms with E-state index in [0.717, 1.165) is 17.5 Å². The number of carbonyl (C=O) groups excluding carboxylic acids is 2. The highest BCUT2D eigenvalue weighted by atomic mass is 19.1. The van der Waals surface area contributed by atoms with E-state index >= 15 is 0 Å². The van der Waals surface area contributed by atoms with Crippen molar-refractivity contribution < 1.29 is 19.1 Å². The van der Waals surface area contributed by atoms with Crippen LogP contribution < -0.4 is 0 Å². The Labute approximate surface area is 180 Å². The van der Waals surface area contributed by atoms with Crippen LogP contribution in [0.3, 0.4) is 0 Å². The number of nitrogens with zero attached hydrogens (tertiary/aromatic N) is 2. The third kappa shape index (κ3) is 4.43. The highest BCUT2D eigenvalue weighted by Gasteiger charge is 2.30. The zero-order chi connectivity index (χ0) is 22.0. The summed E-state index contributed by atoms with van der Waals surface area (Å²) in [6.07, 6.45) is 2.80. The molecule has 1 amide bonds. The van der Waals surface area contributed by atoms with Crippen molar-refractivity contribution in [2.45, 2.75) is 38.1 Å². The first-order valence-corrected chi connectivity index (χ1v) is 10.5. The maximum absolute atomic E-state index is 13.2. The predicted octanol–water partition coefficient (Wildman–Crippen LogP) is 4.30. The Hall–Kier alpha value is -3.28. The SMILES string of the molecule is CC(=O)N1CCc2ccccc2[C@H]1CN=CC1=C(O)CC(c2ccc(F)cc2)CC1=O. The number of halogens is 1. The normalized spacial score (nSPS) is 21.5. The van der Waals surface area contributed by atoms with Crippen LogP contribution in [0, 0.1) is 5.82 Å². The molecule has 6 heteroatoms. The van der Waals surface area contributed by atoms with Crippen LogP contribution in [-0.4, -0.2) is 41.0 Å². The molecule has 1 unspecified atom stereocenters. The van der Waals surface area contributed by atoms with E-state index in [1.165, 1.54) is 23.9 Å². The van der Waals surface area contributed by atoms with Crippen molar-refractivity contribution >= 4 is 17.9 Å². The van der Waals surface area contributed by atoms with E-state index in [1.54, 1.807) is 24.0 Å². The van der Waals surface area contributed by atoms with Gasteiger partial charge in [0, 0.05) is 32.5 Å². The van der Waals surface area contributed by atoms with E-state index in [0.29, 0.717) is 19.5 Å².